The van der Waals surface area contributed by atoms with Crippen LogP contribution >= 0.6 is 11.3 Å². The van der Waals surface area contributed by atoms with Crippen molar-refractivity contribution in [3.63, 3.8) is 0 Å². The number of amides is 3. The predicted molar refractivity (Wildman–Crippen MR) is 229 cm³/mol. The quantitative estimate of drug-likeness (QED) is 0.0672. The standard InChI is InChI=1S/C45H52N4O10S/c1-5-21-58-45(53)49-35-27-37(36(54-3)26-33(35)42(51)48-20-8-6-11-34(48)43(49)59-41-13-7-9-22-57-41)56-23-10-12-40(50)47-31-16-14-29(15-17-31)28(2)46-32-18-19-38-30(24-32)25-39(60-38)44(52)55-4/h5,14-19,24-28,34,41,43,46H,1,6-13,20-23H2,2-4H3,(H,47,50). The van der Waals surface area contributed by atoms with Crippen molar-refractivity contribution in [1.29, 1.82) is 0 Å². The fourth-order valence-corrected chi connectivity index (χ4v) is 8.81. The summed E-state index contributed by atoms with van der Waals surface area (Å²) in [4.78, 5) is 56.9. The third-order valence-electron chi connectivity index (χ3n) is 10.9. The monoisotopic (exact) mass is 840 g/mol. The lowest BCUT2D eigenvalue weighted by molar-refractivity contribution is -0.198. The number of methoxy groups -OCH3 is 2. The number of esters is 1. The number of fused-ring (bicyclic) bond motifs is 3. The molecule has 318 valence electrons. The molecule has 2 fully saturated rings. The van der Waals surface area contributed by atoms with Gasteiger partial charge in [0.05, 0.1) is 38.1 Å². The van der Waals surface area contributed by atoms with Crippen LogP contribution in [0, 0.1) is 0 Å². The average molecular weight is 841 g/mol. The summed E-state index contributed by atoms with van der Waals surface area (Å²) in [7, 11) is 2.87. The summed E-state index contributed by atoms with van der Waals surface area (Å²) < 4.78 is 35.9. The molecule has 2 N–H and O–H groups in total. The number of hydrogen-bond acceptors (Lipinski definition) is 12. The van der Waals surface area contributed by atoms with Crippen molar-refractivity contribution >= 4 is 62.4 Å². The molecular weight excluding hydrogens is 789 g/mol. The number of thiophene rings is 1. The smallest absolute Gasteiger partial charge is 0.416 e. The molecule has 3 amide bonds. The average Bonchev–Trinajstić information content (AvgIpc) is 3.67. The molecule has 4 unspecified atom stereocenters. The highest BCUT2D eigenvalue weighted by atomic mass is 32.1. The van der Waals surface area contributed by atoms with Gasteiger partial charge >= 0.3 is 12.1 Å². The Morgan fingerprint density at radius 2 is 1.78 bits per heavy atom. The van der Waals surface area contributed by atoms with Crippen LogP contribution in [0.2, 0.25) is 0 Å². The van der Waals surface area contributed by atoms with Crippen LogP contribution in [-0.4, -0.2) is 87.9 Å². The van der Waals surface area contributed by atoms with Crippen molar-refractivity contribution < 1.29 is 47.6 Å². The summed E-state index contributed by atoms with van der Waals surface area (Å²) in [5.41, 5.74) is 3.16. The first kappa shape index (κ1) is 42.5. The summed E-state index contributed by atoms with van der Waals surface area (Å²) in [6.07, 6.45) is 4.82. The Morgan fingerprint density at radius 1 is 0.983 bits per heavy atom. The van der Waals surface area contributed by atoms with Crippen molar-refractivity contribution in [2.45, 2.75) is 82.9 Å². The van der Waals surface area contributed by atoms with Crippen molar-refractivity contribution in [1.82, 2.24) is 4.90 Å². The van der Waals surface area contributed by atoms with E-state index in [0.29, 0.717) is 54.5 Å². The van der Waals surface area contributed by atoms with Crippen LogP contribution in [0.4, 0.5) is 21.9 Å². The molecular formula is C45H52N4O10S. The van der Waals surface area contributed by atoms with Crippen molar-refractivity contribution in [3.05, 3.63) is 89.3 Å². The van der Waals surface area contributed by atoms with Crippen LogP contribution in [0.1, 0.15) is 89.9 Å². The first-order valence-corrected chi connectivity index (χ1v) is 21.3. The molecule has 3 aromatic carbocycles. The van der Waals surface area contributed by atoms with E-state index in [1.165, 1.54) is 36.5 Å². The predicted octanol–water partition coefficient (Wildman–Crippen LogP) is 8.67. The second kappa shape index (κ2) is 19.6. The third kappa shape index (κ3) is 9.69. The molecule has 60 heavy (non-hydrogen) atoms. The summed E-state index contributed by atoms with van der Waals surface area (Å²) in [5.74, 6) is -0.138. The van der Waals surface area contributed by atoms with Gasteiger partial charge in [0.15, 0.2) is 24.0 Å². The molecule has 0 spiro atoms. The lowest BCUT2D eigenvalue weighted by Crippen LogP contribution is -2.57. The minimum atomic E-state index is -0.875. The van der Waals surface area contributed by atoms with E-state index >= 15 is 0 Å². The maximum Gasteiger partial charge on any atom is 0.416 e. The van der Waals surface area contributed by atoms with E-state index in [-0.39, 0.29) is 54.7 Å². The molecule has 15 heteroatoms. The van der Waals surface area contributed by atoms with E-state index in [0.717, 1.165) is 47.0 Å². The van der Waals surface area contributed by atoms with Crippen molar-refractivity contribution in [3.8, 4) is 11.5 Å². The largest absolute Gasteiger partial charge is 0.493 e. The molecule has 3 aliphatic heterocycles. The number of piperidine rings is 1. The molecule has 0 saturated carbocycles. The Bertz CT molecular complexity index is 2190. The minimum absolute atomic E-state index is 0.0259. The lowest BCUT2D eigenvalue weighted by atomic mass is 10.00. The van der Waals surface area contributed by atoms with E-state index in [4.69, 9.17) is 28.4 Å². The van der Waals surface area contributed by atoms with E-state index in [2.05, 4.69) is 24.1 Å². The van der Waals surface area contributed by atoms with E-state index in [1.807, 2.05) is 48.5 Å². The highest BCUT2D eigenvalue weighted by Gasteiger charge is 2.47. The highest BCUT2D eigenvalue weighted by Crippen LogP contribution is 2.42. The number of nitrogens with one attached hydrogen (secondary N) is 2. The molecule has 7 rings (SSSR count). The van der Waals surface area contributed by atoms with Gasteiger partial charge in [-0.1, -0.05) is 24.8 Å². The summed E-state index contributed by atoms with van der Waals surface area (Å²) >= 11 is 1.40. The van der Waals surface area contributed by atoms with Gasteiger partial charge in [0, 0.05) is 47.8 Å². The number of ether oxygens (including phenoxy) is 6. The topological polar surface area (TPSA) is 154 Å². The van der Waals surface area contributed by atoms with E-state index in [9.17, 15) is 19.2 Å². The van der Waals surface area contributed by atoms with Crippen LogP contribution in [0.3, 0.4) is 0 Å². The van der Waals surface area contributed by atoms with Crippen LogP contribution in [0.25, 0.3) is 10.1 Å². The highest BCUT2D eigenvalue weighted by molar-refractivity contribution is 7.20. The Kier molecular flexibility index (Phi) is 13.9. The number of benzene rings is 3. The van der Waals surface area contributed by atoms with Crippen LogP contribution in [-0.2, 0) is 23.7 Å². The number of rotatable bonds is 15. The summed E-state index contributed by atoms with van der Waals surface area (Å²) in [5, 5.41) is 7.43. The Hall–Kier alpha value is -5.64. The summed E-state index contributed by atoms with van der Waals surface area (Å²) in [6, 6.07) is 18.2. The minimum Gasteiger partial charge on any atom is -0.493 e. The molecule has 0 bridgehead atoms. The van der Waals surface area contributed by atoms with Gasteiger partial charge in [0.2, 0.25) is 5.91 Å². The zero-order valence-electron chi connectivity index (χ0n) is 34.2. The number of nitrogens with zero attached hydrogens (tertiary/aromatic N) is 2. The van der Waals surface area contributed by atoms with Crippen LogP contribution in [0.5, 0.6) is 11.5 Å². The maximum atomic E-state index is 14.2. The second-order valence-corrected chi connectivity index (χ2v) is 16.1. The molecule has 14 nitrogen and oxygen atoms in total. The number of anilines is 3. The normalized spacial score (nSPS) is 19.3. The molecule has 0 aliphatic carbocycles. The van der Waals surface area contributed by atoms with Gasteiger partial charge in [-0.25, -0.2) is 14.5 Å². The third-order valence-corrected chi connectivity index (χ3v) is 12.0. The van der Waals surface area contributed by atoms with Crippen molar-refractivity contribution in [2.24, 2.45) is 0 Å². The van der Waals surface area contributed by atoms with Gasteiger partial charge in [-0.3, -0.25) is 9.59 Å². The molecule has 3 aliphatic rings. The Morgan fingerprint density at radius 3 is 2.53 bits per heavy atom. The van der Waals surface area contributed by atoms with Gasteiger partial charge in [-0.2, -0.15) is 0 Å². The Labute approximate surface area is 353 Å². The van der Waals surface area contributed by atoms with Crippen LogP contribution < -0.4 is 25.0 Å². The Balaban J connectivity index is 0.993. The van der Waals surface area contributed by atoms with Gasteiger partial charge < -0.3 is 44.0 Å². The number of carbonyl (C=O) groups excluding carboxylic acids is 4. The second-order valence-electron chi connectivity index (χ2n) is 15.0. The van der Waals surface area contributed by atoms with E-state index in [1.54, 1.807) is 17.0 Å². The molecule has 4 aromatic rings. The summed E-state index contributed by atoms with van der Waals surface area (Å²) in [6.45, 7) is 6.94. The molecule has 0 radical (unpaired) electrons. The molecule has 4 heterocycles. The van der Waals surface area contributed by atoms with Crippen LogP contribution in [0.15, 0.2) is 73.3 Å². The first-order valence-electron chi connectivity index (χ1n) is 20.5. The fraction of sp³-hybridized carbons (Fsp3) is 0.422. The van der Waals surface area contributed by atoms with Gasteiger partial charge in [-0.05, 0) is 105 Å². The lowest BCUT2D eigenvalue weighted by Gasteiger charge is -2.42. The molecule has 2 saturated heterocycles. The number of hydrogen-bond donors (Lipinski definition) is 2. The first-order chi connectivity index (χ1) is 29.2. The van der Waals surface area contributed by atoms with Crippen molar-refractivity contribution in [2.75, 3.05) is 56.1 Å². The SMILES string of the molecule is C=CCOC(=O)N1c2cc(OCCCC(=O)Nc3ccc(C(C)Nc4ccc5sc(C(=O)OC)cc5c4)cc3)c(OC)cc2C(=O)N2CCCCC2C1OC1CCCCO1. The maximum absolute atomic E-state index is 14.2. The zero-order valence-corrected chi connectivity index (χ0v) is 35.1. The van der Waals surface area contributed by atoms with Gasteiger partial charge in [-0.15, -0.1) is 11.3 Å². The molecule has 4 atom stereocenters. The van der Waals surface area contributed by atoms with Gasteiger partial charge in [0.25, 0.3) is 5.91 Å². The fourth-order valence-electron chi connectivity index (χ4n) is 7.85. The number of carbonyl (C=O) groups is 4. The molecule has 1 aromatic heterocycles. The van der Waals surface area contributed by atoms with Gasteiger partial charge in [0.1, 0.15) is 11.5 Å². The zero-order chi connectivity index (χ0) is 42.2. The van der Waals surface area contributed by atoms with E-state index < -0.39 is 24.7 Å².